The van der Waals surface area contributed by atoms with Gasteiger partial charge >= 0.3 is 0 Å². The number of benzene rings is 7. The molecule has 0 saturated heterocycles. The third kappa shape index (κ3) is 4.63. The van der Waals surface area contributed by atoms with Crippen molar-refractivity contribution in [3.63, 3.8) is 0 Å². The van der Waals surface area contributed by atoms with Crippen LogP contribution in [0, 0.1) is 0 Å². The zero-order valence-electron chi connectivity index (χ0n) is 26.9. The van der Waals surface area contributed by atoms with E-state index in [0.29, 0.717) is 17.5 Å². The van der Waals surface area contributed by atoms with Gasteiger partial charge in [-0.15, -0.1) is 11.3 Å². The fourth-order valence-electron chi connectivity index (χ4n) is 7.20. The zero-order chi connectivity index (χ0) is 33.0. The van der Waals surface area contributed by atoms with Crippen LogP contribution in [-0.4, -0.2) is 19.5 Å². The number of hydrogen-bond acceptors (Lipinski definition) is 4. The molecule has 10 aromatic rings. The van der Waals surface area contributed by atoms with E-state index in [0.717, 1.165) is 49.9 Å². The molecule has 0 aliphatic heterocycles. The van der Waals surface area contributed by atoms with Crippen LogP contribution in [0.1, 0.15) is 0 Å². The van der Waals surface area contributed by atoms with Crippen molar-refractivity contribution in [3.05, 3.63) is 170 Å². The van der Waals surface area contributed by atoms with Gasteiger partial charge in [0.25, 0.3) is 0 Å². The molecule has 0 bridgehead atoms. The van der Waals surface area contributed by atoms with Crippen LogP contribution in [0.4, 0.5) is 0 Å². The van der Waals surface area contributed by atoms with E-state index in [1.54, 1.807) is 11.3 Å². The van der Waals surface area contributed by atoms with Gasteiger partial charge in [0.2, 0.25) is 0 Å². The van der Waals surface area contributed by atoms with Gasteiger partial charge in [0.15, 0.2) is 17.5 Å². The van der Waals surface area contributed by atoms with Crippen LogP contribution in [-0.2, 0) is 0 Å². The predicted molar refractivity (Wildman–Crippen MR) is 209 cm³/mol. The van der Waals surface area contributed by atoms with E-state index < -0.39 is 0 Å². The maximum Gasteiger partial charge on any atom is 0.166 e. The highest BCUT2D eigenvalue weighted by Gasteiger charge is 2.23. The van der Waals surface area contributed by atoms with E-state index in [4.69, 9.17) is 15.0 Å². The van der Waals surface area contributed by atoms with Gasteiger partial charge in [-0.05, 0) is 47.5 Å². The molecule has 5 heteroatoms. The largest absolute Gasteiger partial charge is 0.308 e. The van der Waals surface area contributed by atoms with Gasteiger partial charge in [0.05, 0.1) is 22.3 Å². The van der Waals surface area contributed by atoms with E-state index >= 15 is 0 Å². The minimum absolute atomic E-state index is 0.636. The summed E-state index contributed by atoms with van der Waals surface area (Å²) in [6, 6.07) is 59.6. The summed E-state index contributed by atoms with van der Waals surface area (Å²) in [4.78, 5) is 15.8. The highest BCUT2D eigenvalue weighted by atomic mass is 32.1. The van der Waals surface area contributed by atoms with E-state index in [1.165, 1.54) is 25.6 Å². The minimum Gasteiger partial charge on any atom is -0.308 e. The Kier molecular flexibility index (Phi) is 6.64. The molecule has 3 heterocycles. The average molecular weight is 657 g/mol. The van der Waals surface area contributed by atoms with Crippen LogP contribution in [0.15, 0.2) is 170 Å². The second kappa shape index (κ2) is 11.6. The van der Waals surface area contributed by atoms with Crippen molar-refractivity contribution in [2.24, 2.45) is 0 Å². The summed E-state index contributed by atoms with van der Waals surface area (Å²) >= 11 is 1.80. The summed E-state index contributed by atoms with van der Waals surface area (Å²) in [5, 5.41) is 4.77. The van der Waals surface area contributed by atoms with E-state index in [2.05, 4.69) is 150 Å². The molecule has 0 N–H and O–H groups in total. The Morgan fingerprint density at radius 3 is 1.64 bits per heavy atom. The second-order valence-electron chi connectivity index (χ2n) is 12.4. The number of fused-ring (bicyclic) bond motifs is 6. The first-order chi connectivity index (χ1) is 24.8. The molecule has 0 unspecified atom stereocenters. The Balaban J connectivity index is 1.32. The molecule has 50 heavy (non-hydrogen) atoms. The number of aromatic nitrogens is 4. The Morgan fingerprint density at radius 1 is 0.380 bits per heavy atom. The highest BCUT2D eigenvalue weighted by molar-refractivity contribution is 7.26. The third-order valence-electron chi connectivity index (χ3n) is 9.46. The predicted octanol–water partition coefficient (Wildman–Crippen LogP) is 12.0. The standard InChI is InChI=1S/C45H28N4S/c1-3-14-29(15-4-1)31-18-13-19-32(28-31)44-46-43(30-16-5-2-6-17-30)47-45(48-44)42-38(26-27-40-41(42)35-22-9-12-25-39(35)50-40)49-36-23-10-7-20-33(36)34-21-8-11-24-37(34)49/h1-28H. The molecule has 0 fully saturated rings. The fourth-order valence-corrected chi connectivity index (χ4v) is 8.32. The van der Waals surface area contributed by atoms with Crippen LogP contribution in [0.3, 0.4) is 0 Å². The molecule has 0 spiro atoms. The molecule has 0 aliphatic carbocycles. The lowest BCUT2D eigenvalue weighted by atomic mass is 10.0. The van der Waals surface area contributed by atoms with Crippen LogP contribution < -0.4 is 0 Å². The van der Waals surface area contributed by atoms with Gasteiger partial charge < -0.3 is 4.57 Å². The quantitative estimate of drug-likeness (QED) is 0.185. The summed E-state index contributed by atoms with van der Waals surface area (Å²) in [5.74, 6) is 1.92. The van der Waals surface area contributed by atoms with Gasteiger partial charge in [-0.1, -0.05) is 133 Å². The normalized spacial score (nSPS) is 11.6. The molecule has 4 nitrogen and oxygen atoms in total. The van der Waals surface area contributed by atoms with Crippen LogP contribution >= 0.6 is 11.3 Å². The van der Waals surface area contributed by atoms with Gasteiger partial charge in [-0.25, -0.2) is 15.0 Å². The number of hydrogen-bond donors (Lipinski definition) is 0. The van der Waals surface area contributed by atoms with E-state index in [1.807, 2.05) is 24.3 Å². The van der Waals surface area contributed by atoms with Crippen molar-refractivity contribution in [2.75, 3.05) is 0 Å². The summed E-state index contributed by atoms with van der Waals surface area (Å²) in [7, 11) is 0. The molecule has 0 saturated carbocycles. The molecule has 7 aromatic carbocycles. The van der Waals surface area contributed by atoms with Crippen LogP contribution in [0.25, 0.3) is 93.0 Å². The van der Waals surface area contributed by atoms with Crippen LogP contribution in [0.2, 0.25) is 0 Å². The third-order valence-corrected chi connectivity index (χ3v) is 10.6. The second-order valence-corrected chi connectivity index (χ2v) is 13.5. The number of thiophene rings is 1. The van der Waals surface area contributed by atoms with Gasteiger partial charge in [0, 0.05) is 42.1 Å². The molecule has 3 aromatic heterocycles. The lowest BCUT2D eigenvalue weighted by Gasteiger charge is -2.16. The van der Waals surface area contributed by atoms with Gasteiger partial charge in [-0.3, -0.25) is 0 Å². The van der Waals surface area contributed by atoms with Crippen molar-refractivity contribution >= 4 is 53.3 Å². The first-order valence-corrected chi connectivity index (χ1v) is 17.5. The molecule has 0 atom stereocenters. The first-order valence-electron chi connectivity index (χ1n) is 16.7. The molecule has 0 amide bonds. The fraction of sp³-hybridized carbons (Fsp3) is 0. The lowest BCUT2D eigenvalue weighted by Crippen LogP contribution is -2.04. The first kappa shape index (κ1) is 28.6. The van der Waals surface area contributed by atoms with Crippen LogP contribution in [0.5, 0.6) is 0 Å². The Labute approximate surface area is 292 Å². The molecule has 10 rings (SSSR count). The van der Waals surface area contributed by atoms with Crippen molar-refractivity contribution in [1.29, 1.82) is 0 Å². The topological polar surface area (TPSA) is 43.6 Å². The maximum absolute atomic E-state index is 5.37. The average Bonchev–Trinajstić information content (AvgIpc) is 3.74. The summed E-state index contributed by atoms with van der Waals surface area (Å²) < 4.78 is 4.81. The van der Waals surface area contributed by atoms with Gasteiger partial charge in [0.1, 0.15) is 0 Å². The van der Waals surface area contributed by atoms with E-state index in [-0.39, 0.29) is 0 Å². The van der Waals surface area contributed by atoms with Crippen molar-refractivity contribution in [3.8, 4) is 51.0 Å². The number of para-hydroxylation sites is 2. The Morgan fingerprint density at radius 2 is 0.920 bits per heavy atom. The van der Waals surface area contributed by atoms with Crippen molar-refractivity contribution in [2.45, 2.75) is 0 Å². The van der Waals surface area contributed by atoms with Gasteiger partial charge in [-0.2, -0.15) is 0 Å². The molecule has 0 aliphatic rings. The summed E-state index contributed by atoms with van der Waals surface area (Å²) in [6.45, 7) is 0. The lowest BCUT2D eigenvalue weighted by molar-refractivity contribution is 1.07. The molecular formula is C45H28N4S. The molecule has 234 valence electrons. The zero-order valence-corrected chi connectivity index (χ0v) is 27.7. The molecule has 0 radical (unpaired) electrons. The SMILES string of the molecule is c1ccc(-c2cccc(-c3nc(-c4ccccc4)nc(-c4c(-n5c6ccccc6c6ccccc65)ccc5sc6ccccc6c45)n3)c2)cc1. The number of nitrogens with zero attached hydrogens (tertiary/aromatic N) is 4. The highest BCUT2D eigenvalue weighted by Crippen LogP contribution is 2.45. The van der Waals surface area contributed by atoms with E-state index in [9.17, 15) is 0 Å². The maximum atomic E-state index is 5.37. The Bertz CT molecular complexity index is 2820. The monoisotopic (exact) mass is 656 g/mol. The Hall–Kier alpha value is -6.43. The molecular weight excluding hydrogens is 629 g/mol. The smallest absolute Gasteiger partial charge is 0.166 e. The van der Waals surface area contributed by atoms with Crippen molar-refractivity contribution in [1.82, 2.24) is 19.5 Å². The number of rotatable bonds is 5. The van der Waals surface area contributed by atoms with Crippen molar-refractivity contribution < 1.29 is 0 Å². The minimum atomic E-state index is 0.636. The summed E-state index contributed by atoms with van der Waals surface area (Å²) in [6.07, 6.45) is 0. The summed E-state index contributed by atoms with van der Waals surface area (Å²) in [5.41, 5.74) is 8.45.